The fourth-order valence-corrected chi connectivity index (χ4v) is 2.65. The summed E-state index contributed by atoms with van der Waals surface area (Å²) in [6.45, 7) is 2.64. The van der Waals surface area contributed by atoms with Crippen molar-refractivity contribution in [2.45, 2.75) is 19.5 Å². The van der Waals surface area contributed by atoms with Crippen molar-refractivity contribution in [2.75, 3.05) is 26.0 Å². The Morgan fingerprint density at radius 2 is 1.81 bits per heavy atom. The van der Waals surface area contributed by atoms with Crippen LogP contribution in [-0.2, 0) is 19.5 Å². The number of anilines is 1. The van der Waals surface area contributed by atoms with E-state index in [9.17, 15) is 0 Å². The molecule has 1 N–H and O–H groups in total. The van der Waals surface area contributed by atoms with Gasteiger partial charge in [-0.05, 0) is 49.0 Å². The zero-order valence-corrected chi connectivity index (χ0v) is 12.7. The van der Waals surface area contributed by atoms with E-state index in [0.29, 0.717) is 0 Å². The Bertz CT molecular complexity index is 605. The Kier molecular flexibility index (Phi) is 4.11. The fourth-order valence-electron chi connectivity index (χ4n) is 2.65. The summed E-state index contributed by atoms with van der Waals surface area (Å²) in [4.78, 5) is 2.18. The maximum Gasteiger partial charge on any atom is 0.122 e. The van der Waals surface area contributed by atoms with Crippen molar-refractivity contribution >= 4 is 5.69 Å². The Morgan fingerprint density at radius 1 is 1.05 bits per heavy atom. The molecular formula is C18H22N2O. The van der Waals surface area contributed by atoms with Gasteiger partial charge in [-0.1, -0.05) is 24.3 Å². The molecule has 21 heavy (non-hydrogen) atoms. The van der Waals surface area contributed by atoms with Crippen molar-refractivity contribution in [1.29, 1.82) is 0 Å². The largest absolute Gasteiger partial charge is 0.493 e. The lowest BCUT2D eigenvalue weighted by atomic mass is 10.1. The van der Waals surface area contributed by atoms with E-state index < -0.39 is 0 Å². The first-order valence-electron chi connectivity index (χ1n) is 7.43. The number of ether oxygens (including phenoxy) is 1. The maximum absolute atomic E-state index is 5.54. The first kappa shape index (κ1) is 14.0. The highest BCUT2D eigenvalue weighted by Crippen LogP contribution is 2.26. The molecule has 0 bridgehead atoms. The zero-order valence-electron chi connectivity index (χ0n) is 12.7. The molecule has 0 aliphatic carbocycles. The highest BCUT2D eigenvalue weighted by atomic mass is 16.5. The molecule has 2 aromatic carbocycles. The van der Waals surface area contributed by atoms with E-state index in [-0.39, 0.29) is 0 Å². The highest BCUT2D eigenvalue weighted by Gasteiger charge is 2.11. The van der Waals surface area contributed by atoms with Crippen LogP contribution in [0.15, 0.2) is 42.5 Å². The number of hydrogen-bond acceptors (Lipinski definition) is 3. The number of nitrogens with one attached hydrogen (secondary N) is 1. The Labute approximate surface area is 126 Å². The molecule has 0 radical (unpaired) electrons. The number of benzene rings is 2. The molecule has 1 aliphatic rings. The zero-order chi connectivity index (χ0) is 14.7. The fraction of sp³-hybridized carbons (Fsp3) is 0.333. The minimum atomic E-state index is 0.819. The molecule has 2 aromatic rings. The molecule has 110 valence electrons. The number of hydrogen-bond donors (Lipinski definition) is 1. The van der Waals surface area contributed by atoms with Crippen molar-refractivity contribution in [1.82, 2.24) is 4.90 Å². The summed E-state index contributed by atoms with van der Waals surface area (Å²) in [5, 5.41) is 3.48. The number of nitrogens with zero attached hydrogens (tertiary/aromatic N) is 1. The van der Waals surface area contributed by atoms with E-state index in [2.05, 4.69) is 66.8 Å². The first-order valence-corrected chi connectivity index (χ1v) is 7.43. The van der Waals surface area contributed by atoms with Crippen LogP contribution >= 0.6 is 0 Å². The van der Waals surface area contributed by atoms with E-state index in [4.69, 9.17) is 4.74 Å². The van der Waals surface area contributed by atoms with E-state index in [1.807, 2.05) is 0 Å². The van der Waals surface area contributed by atoms with Crippen LogP contribution in [0, 0.1) is 0 Å². The van der Waals surface area contributed by atoms with Gasteiger partial charge in [0.1, 0.15) is 5.75 Å². The molecule has 0 saturated heterocycles. The van der Waals surface area contributed by atoms with Crippen molar-refractivity contribution in [3.63, 3.8) is 0 Å². The van der Waals surface area contributed by atoms with E-state index in [1.165, 1.54) is 16.7 Å². The molecule has 0 saturated carbocycles. The van der Waals surface area contributed by atoms with Gasteiger partial charge in [0, 0.05) is 25.2 Å². The van der Waals surface area contributed by atoms with Crippen LogP contribution in [0.4, 0.5) is 5.69 Å². The van der Waals surface area contributed by atoms with Crippen LogP contribution in [0.2, 0.25) is 0 Å². The molecule has 3 rings (SSSR count). The van der Waals surface area contributed by atoms with Crippen LogP contribution in [0.25, 0.3) is 0 Å². The van der Waals surface area contributed by atoms with Gasteiger partial charge in [-0.3, -0.25) is 0 Å². The standard InChI is InChI=1S/C18H22N2O/c1-20(2)13-14-3-6-17(7-4-14)19-12-15-5-8-18-16(11-15)9-10-21-18/h3-8,11,19H,9-10,12-13H2,1-2H3. The lowest BCUT2D eigenvalue weighted by molar-refractivity contribution is 0.357. The summed E-state index contributed by atoms with van der Waals surface area (Å²) in [5.41, 5.74) is 5.13. The van der Waals surface area contributed by atoms with Crippen LogP contribution in [0.3, 0.4) is 0 Å². The van der Waals surface area contributed by atoms with Gasteiger partial charge in [0.2, 0.25) is 0 Å². The van der Waals surface area contributed by atoms with E-state index in [0.717, 1.165) is 37.6 Å². The normalized spacial score (nSPS) is 13.1. The average molecular weight is 282 g/mol. The summed E-state index contributed by atoms with van der Waals surface area (Å²) in [6, 6.07) is 15.1. The van der Waals surface area contributed by atoms with Crippen molar-refractivity contribution in [3.8, 4) is 5.75 Å². The minimum Gasteiger partial charge on any atom is -0.493 e. The third-order valence-electron chi connectivity index (χ3n) is 3.70. The van der Waals surface area contributed by atoms with Gasteiger partial charge in [-0.2, -0.15) is 0 Å². The van der Waals surface area contributed by atoms with E-state index in [1.54, 1.807) is 0 Å². The van der Waals surface area contributed by atoms with Gasteiger partial charge in [-0.15, -0.1) is 0 Å². The Balaban J connectivity index is 1.59. The summed E-state index contributed by atoms with van der Waals surface area (Å²) in [5.74, 6) is 1.05. The molecule has 0 aromatic heterocycles. The molecule has 1 heterocycles. The quantitative estimate of drug-likeness (QED) is 0.910. The van der Waals surface area contributed by atoms with E-state index >= 15 is 0 Å². The van der Waals surface area contributed by atoms with Gasteiger partial charge in [0.25, 0.3) is 0 Å². The van der Waals surface area contributed by atoms with Gasteiger partial charge < -0.3 is 15.0 Å². The predicted octanol–water partition coefficient (Wildman–Crippen LogP) is 3.30. The first-order chi connectivity index (χ1) is 10.2. The second kappa shape index (κ2) is 6.19. The lowest BCUT2D eigenvalue weighted by Crippen LogP contribution is -2.10. The summed E-state index contributed by atoms with van der Waals surface area (Å²) in [6.07, 6.45) is 1.03. The SMILES string of the molecule is CN(C)Cc1ccc(NCc2ccc3c(c2)CCO3)cc1. The lowest BCUT2D eigenvalue weighted by Gasteiger charge is -2.11. The molecule has 0 unspecified atom stereocenters. The molecule has 1 aliphatic heterocycles. The Hall–Kier alpha value is -2.00. The smallest absolute Gasteiger partial charge is 0.122 e. The minimum absolute atomic E-state index is 0.819. The molecule has 0 fully saturated rings. The topological polar surface area (TPSA) is 24.5 Å². The third-order valence-corrected chi connectivity index (χ3v) is 3.70. The average Bonchev–Trinajstić information content (AvgIpc) is 2.93. The molecule has 0 spiro atoms. The maximum atomic E-state index is 5.54. The van der Waals surface area contributed by atoms with Crippen LogP contribution < -0.4 is 10.1 Å². The van der Waals surface area contributed by atoms with Gasteiger partial charge in [0.05, 0.1) is 6.61 Å². The highest BCUT2D eigenvalue weighted by molar-refractivity contribution is 5.46. The predicted molar refractivity (Wildman–Crippen MR) is 86.8 cm³/mol. The second-order valence-electron chi connectivity index (χ2n) is 5.83. The van der Waals surface area contributed by atoms with Crippen molar-refractivity contribution in [2.24, 2.45) is 0 Å². The summed E-state index contributed by atoms with van der Waals surface area (Å²) >= 11 is 0. The van der Waals surface area contributed by atoms with Gasteiger partial charge >= 0.3 is 0 Å². The second-order valence-corrected chi connectivity index (χ2v) is 5.83. The molecule has 3 nitrogen and oxygen atoms in total. The van der Waals surface area contributed by atoms with Gasteiger partial charge in [-0.25, -0.2) is 0 Å². The van der Waals surface area contributed by atoms with Crippen LogP contribution in [-0.4, -0.2) is 25.6 Å². The molecular weight excluding hydrogens is 260 g/mol. The number of rotatable bonds is 5. The van der Waals surface area contributed by atoms with Gasteiger partial charge in [0.15, 0.2) is 0 Å². The summed E-state index contributed by atoms with van der Waals surface area (Å²) in [7, 11) is 4.17. The van der Waals surface area contributed by atoms with Crippen LogP contribution in [0.5, 0.6) is 5.75 Å². The number of fused-ring (bicyclic) bond motifs is 1. The summed E-state index contributed by atoms with van der Waals surface area (Å²) < 4.78 is 5.54. The Morgan fingerprint density at radius 3 is 2.57 bits per heavy atom. The van der Waals surface area contributed by atoms with Crippen LogP contribution in [0.1, 0.15) is 16.7 Å². The monoisotopic (exact) mass is 282 g/mol. The molecule has 0 atom stereocenters. The third kappa shape index (κ3) is 3.56. The van der Waals surface area contributed by atoms with Crippen molar-refractivity contribution in [3.05, 3.63) is 59.2 Å². The molecule has 3 heteroatoms. The molecule has 0 amide bonds. The van der Waals surface area contributed by atoms with Crippen molar-refractivity contribution < 1.29 is 4.74 Å².